The maximum Gasteiger partial charge on any atom is 0.410 e. The summed E-state index contributed by atoms with van der Waals surface area (Å²) in [5, 5.41) is 13.1. The first kappa shape index (κ1) is 20.2. The zero-order chi connectivity index (χ0) is 21.3. The largest absolute Gasteiger partial charge is 0.486 e. The van der Waals surface area contributed by atoms with Gasteiger partial charge in [0, 0.05) is 36.3 Å². The van der Waals surface area contributed by atoms with Crippen LogP contribution in [0.25, 0.3) is 0 Å². The van der Waals surface area contributed by atoms with Crippen molar-refractivity contribution in [3.63, 3.8) is 0 Å². The van der Waals surface area contributed by atoms with Gasteiger partial charge in [-0.15, -0.1) is 0 Å². The number of hydrogen-bond donors (Lipinski definition) is 2. The quantitative estimate of drug-likeness (QED) is 0.715. The smallest absolute Gasteiger partial charge is 0.410 e. The standard InChI is InChI=1S/C20H18ClFN2O6/c21-13-7-12(8-14(22)9-13)11-23-19(26)30-20(27)3-4-24(18(20)25)15-1-2-16-17(10-15)29-6-5-28-16/h1-2,7-10,27H,3-6,11H2,(H,23,26)/t20-/m0/s1. The Kier molecular flexibility index (Phi) is 5.40. The second-order valence-electron chi connectivity index (χ2n) is 6.84. The number of halogens is 2. The summed E-state index contributed by atoms with van der Waals surface area (Å²) in [4.78, 5) is 26.1. The number of carbonyl (C=O) groups is 2. The summed E-state index contributed by atoms with van der Waals surface area (Å²) >= 11 is 5.77. The van der Waals surface area contributed by atoms with E-state index in [-0.39, 0.29) is 24.5 Å². The van der Waals surface area contributed by atoms with Crippen LogP contribution >= 0.6 is 11.6 Å². The summed E-state index contributed by atoms with van der Waals surface area (Å²) in [5.41, 5.74) is 0.887. The molecule has 0 radical (unpaired) electrons. The molecule has 0 aliphatic carbocycles. The second-order valence-corrected chi connectivity index (χ2v) is 7.28. The molecular weight excluding hydrogens is 419 g/mol. The van der Waals surface area contributed by atoms with Gasteiger partial charge in [-0.2, -0.15) is 0 Å². The van der Waals surface area contributed by atoms with Crippen LogP contribution in [-0.4, -0.2) is 42.7 Å². The Balaban J connectivity index is 1.40. The Morgan fingerprint density at radius 2 is 2.00 bits per heavy atom. The summed E-state index contributed by atoms with van der Waals surface area (Å²) in [7, 11) is 0. The van der Waals surface area contributed by atoms with Crippen molar-refractivity contribution in [2.45, 2.75) is 18.8 Å². The molecule has 8 nitrogen and oxygen atoms in total. The summed E-state index contributed by atoms with van der Waals surface area (Å²) in [6.45, 7) is 0.891. The minimum atomic E-state index is -2.31. The van der Waals surface area contributed by atoms with Crippen LogP contribution in [0.5, 0.6) is 11.5 Å². The van der Waals surface area contributed by atoms with E-state index in [1.807, 2.05) is 0 Å². The number of carbonyl (C=O) groups excluding carboxylic acids is 2. The summed E-state index contributed by atoms with van der Waals surface area (Å²) in [6, 6.07) is 8.77. The third kappa shape index (κ3) is 4.12. The monoisotopic (exact) mass is 436 g/mol. The fourth-order valence-electron chi connectivity index (χ4n) is 3.30. The number of nitrogens with one attached hydrogen (secondary N) is 1. The van der Waals surface area contributed by atoms with Gasteiger partial charge in [0.05, 0.1) is 0 Å². The number of anilines is 1. The summed E-state index contributed by atoms with van der Waals surface area (Å²) < 4.78 is 29.3. The van der Waals surface area contributed by atoms with E-state index in [1.54, 1.807) is 18.2 Å². The lowest BCUT2D eigenvalue weighted by molar-refractivity contribution is -0.175. The molecular formula is C20H18ClFN2O6. The maximum atomic E-state index is 13.4. The van der Waals surface area contributed by atoms with Crippen molar-refractivity contribution < 1.29 is 33.3 Å². The molecule has 0 saturated carbocycles. The Labute approximate surface area is 176 Å². The minimum absolute atomic E-state index is 0.0908. The van der Waals surface area contributed by atoms with Crippen LogP contribution in [0.4, 0.5) is 14.9 Å². The van der Waals surface area contributed by atoms with Gasteiger partial charge >= 0.3 is 6.09 Å². The molecule has 2 N–H and O–H groups in total. The number of rotatable bonds is 4. The van der Waals surface area contributed by atoms with Crippen molar-refractivity contribution in [3.05, 3.63) is 52.8 Å². The SMILES string of the molecule is O=C(NCc1cc(F)cc(Cl)c1)O[C@@]1(O)CCN(c2ccc3c(c2)OCCO3)C1=O. The second kappa shape index (κ2) is 8.00. The molecule has 2 heterocycles. The van der Waals surface area contributed by atoms with Gasteiger partial charge in [-0.3, -0.25) is 4.79 Å². The normalized spacial score (nSPS) is 20.2. The summed E-state index contributed by atoms with van der Waals surface area (Å²) in [6.07, 6.45) is -1.13. The van der Waals surface area contributed by atoms with Crippen molar-refractivity contribution in [2.75, 3.05) is 24.7 Å². The van der Waals surface area contributed by atoms with Gasteiger partial charge in [-0.05, 0) is 35.9 Å². The van der Waals surface area contributed by atoms with Crippen LogP contribution in [0, 0.1) is 5.82 Å². The van der Waals surface area contributed by atoms with E-state index in [1.165, 1.54) is 17.0 Å². The average Bonchev–Trinajstić information content (AvgIpc) is 3.00. The molecule has 2 aromatic rings. The molecule has 2 amide bonds. The number of aliphatic hydroxyl groups is 1. The molecule has 0 spiro atoms. The van der Waals surface area contributed by atoms with Gasteiger partial charge in [0.2, 0.25) is 0 Å². The lowest BCUT2D eigenvalue weighted by Gasteiger charge is -2.24. The lowest BCUT2D eigenvalue weighted by atomic mass is 10.2. The number of ether oxygens (including phenoxy) is 3. The molecule has 1 fully saturated rings. The zero-order valence-corrected chi connectivity index (χ0v) is 16.4. The Morgan fingerprint density at radius 1 is 1.23 bits per heavy atom. The van der Waals surface area contributed by atoms with Crippen LogP contribution in [0.3, 0.4) is 0 Å². The first-order valence-electron chi connectivity index (χ1n) is 9.20. The molecule has 1 saturated heterocycles. The number of alkyl carbamates (subject to hydrolysis) is 1. The van der Waals surface area contributed by atoms with E-state index in [9.17, 15) is 19.1 Å². The van der Waals surface area contributed by atoms with E-state index in [0.29, 0.717) is 36.0 Å². The zero-order valence-electron chi connectivity index (χ0n) is 15.7. The van der Waals surface area contributed by atoms with Crippen LogP contribution in [-0.2, 0) is 16.1 Å². The van der Waals surface area contributed by atoms with Crippen molar-refractivity contribution in [1.82, 2.24) is 5.32 Å². The van der Waals surface area contributed by atoms with Gasteiger partial charge in [0.1, 0.15) is 19.0 Å². The van der Waals surface area contributed by atoms with Crippen molar-refractivity contribution in [2.24, 2.45) is 0 Å². The van der Waals surface area contributed by atoms with Crippen molar-refractivity contribution in [1.29, 1.82) is 0 Å². The number of hydrogen-bond acceptors (Lipinski definition) is 6. The molecule has 2 aliphatic heterocycles. The maximum absolute atomic E-state index is 13.4. The average molecular weight is 437 g/mol. The van der Waals surface area contributed by atoms with Gasteiger partial charge in [0.25, 0.3) is 11.7 Å². The third-order valence-corrected chi connectivity index (χ3v) is 4.93. The molecule has 1 atom stereocenters. The van der Waals surface area contributed by atoms with Crippen LogP contribution in [0.1, 0.15) is 12.0 Å². The first-order valence-corrected chi connectivity index (χ1v) is 9.58. The highest BCUT2D eigenvalue weighted by molar-refractivity contribution is 6.30. The van der Waals surface area contributed by atoms with Gasteiger partial charge in [-0.1, -0.05) is 11.6 Å². The predicted octanol–water partition coefficient (Wildman–Crippen LogP) is 2.60. The Hall–Kier alpha value is -3.04. The van der Waals surface area contributed by atoms with Crippen LogP contribution < -0.4 is 19.7 Å². The molecule has 0 unspecified atom stereocenters. The van der Waals surface area contributed by atoms with Crippen molar-refractivity contribution in [3.8, 4) is 11.5 Å². The van der Waals surface area contributed by atoms with Gasteiger partial charge in [-0.25, -0.2) is 9.18 Å². The molecule has 2 aliphatic rings. The Bertz CT molecular complexity index is 983. The van der Waals surface area contributed by atoms with E-state index in [0.717, 1.165) is 6.07 Å². The van der Waals surface area contributed by atoms with Gasteiger partial charge < -0.3 is 29.5 Å². The molecule has 10 heteroatoms. The number of fused-ring (bicyclic) bond motifs is 1. The van der Waals surface area contributed by atoms with E-state index >= 15 is 0 Å². The van der Waals surface area contributed by atoms with Gasteiger partial charge in [0.15, 0.2) is 11.5 Å². The van der Waals surface area contributed by atoms with E-state index in [2.05, 4.69) is 5.32 Å². The molecule has 2 aromatic carbocycles. The molecule has 30 heavy (non-hydrogen) atoms. The highest BCUT2D eigenvalue weighted by atomic mass is 35.5. The fourth-order valence-corrected chi connectivity index (χ4v) is 3.54. The molecule has 0 aromatic heterocycles. The minimum Gasteiger partial charge on any atom is -0.486 e. The lowest BCUT2D eigenvalue weighted by Crippen LogP contribution is -2.46. The highest BCUT2D eigenvalue weighted by Crippen LogP contribution is 2.37. The topological polar surface area (TPSA) is 97.3 Å². The number of amides is 2. The molecule has 4 rings (SSSR count). The Morgan fingerprint density at radius 3 is 2.77 bits per heavy atom. The number of benzene rings is 2. The third-order valence-electron chi connectivity index (χ3n) is 4.71. The summed E-state index contributed by atoms with van der Waals surface area (Å²) in [5.74, 6) is -2.57. The van der Waals surface area contributed by atoms with Crippen LogP contribution in [0.2, 0.25) is 5.02 Å². The van der Waals surface area contributed by atoms with E-state index in [4.69, 9.17) is 25.8 Å². The molecule has 158 valence electrons. The molecule has 0 bridgehead atoms. The first-order chi connectivity index (χ1) is 14.3. The fraction of sp³-hybridized carbons (Fsp3) is 0.300. The number of nitrogens with zero attached hydrogens (tertiary/aromatic N) is 1. The van der Waals surface area contributed by atoms with Crippen LogP contribution in [0.15, 0.2) is 36.4 Å². The van der Waals surface area contributed by atoms with E-state index < -0.39 is 23.6 Å². The predicted molar refractivity (Wildman–Crippen MR) is 104 cm³/mol. The highest BCUT2D eigenvalue weighted by Gasteiger charge is 2.49. The van der Waals surface area contributed by atoms with Crippen molar-refractivity contribution >= 4 is 29.3 Å².